The van der Waals surface area contributed by atoms with Crippen molar-refractivity contribution in [3.8, 4) is 33.4 Å². The quantitative estimate of drug-likeness (QED) is 0.160. The van der Waals surface area contributed by atoms with Crippen LogP contribution < -0.4 is 4.90 Å². The van der Waals surface area contributed by atoms with Gasteiger partial charge in [-0.25, -0.2) is 0 Å². The molecule has 0 saturated carbocycles. The fraction of sp³-hybridized carbons (Fsp3) is 0.0847. The molecule has 2 heteroatoms. The van der Waals surface area contributed by atoms with Crippen molar-refractivity contribution in [3.63, 3.8) is 0 Å². The minimum absolute atomic E-state index is 0.0561. The van der Waals surface area contributed by atoms with Gasteiger partial charge in [0.2, 0.25) is 0 Å². The zero-order valence-corrected chi connectivity index (χ0v) is 34.6. The molecule has 1 aromatic heterocycles. The van der Waals surface area contributed by atoms with Crippen LogP contribution >= 0.6 is 0 Å². The second-order valence-electron chi connectivity index (χ2n) is 17.3. The normalized spacial score (nSPS) is 13.0. The van der Waals surface area contributed by atoms with Crippen LogP contribution in [0.3, 0.4) is 0 Å². The lowest BCUT2D eigenvalue weighted by molar-refractivity contribution is 0.589. The minimum atomic E-state index is -0.483. The Morgan fingerprint density at radius 2 is 0.836 bits per heavy atom. The number of hydrogen-bond acceptors (Lipinski definition) is 2. The average molecular weight is 784 g/mol. The fourth-order valence-electron chi connectivity index (χ4n) is 9.75. The van der Waals surface area contributed by atoms with Crippen molar-refractivity contribution >= 4 is 39.0 Å². The summed E-state index contributed by atoms with van der Waals surface area (Å²) in [5.74, 6) is 0. The predicted octanol–water partition coefficient (Wildman–Crippen LogP) is 16.1. The van der Waals surface area contributed by atoms with Gasteiger partial charge < -0.3 is 9.32 Å². The molecule has 1 heterocycles. The molecule has 11 rings (SSSR count). The Balaban J connectivity index is 1.05. The highest BCUT2D eigenvalue weighted by atomic mass is 16.3. The van der Waals surface area contributed by atoms with Crippen molar-refractivity contribution in [2.75, 3.05) is 4.90 Å². The molecule has 2 nitrogen and oxygen atoms in total. The molecule has 0 aliphatic heterocycles. The first-order valence-electron chi connectivity index (χ1n) is 21.3. The van der Waals surface area contributed by atoms with E-state index in [0.29, 0.717) is 0 Å². The Morgan fingerprint density at radius 1 is 0.377 bits per heavy atom. The SMILES string of the molecule is CC(C)(C)c1ccc(C2(c3ccc(N(c4ccc(-c5ccccc5)cc4)c4ccc(-c5cccc6c5oc5ccccc56)cc4)cc3)c3ccccc3-c3ccccc32)cc1. The largest absolute Gasteiger partial charge is 0.455 e. The molecule has 10 aromatic rings. The van der Waals surface area contributed by atoms with E-state index in [1.807, 2.05) is 12.1 Å². The zero-order chi connectivity index (χ0) is 41.1. The first-order valence-corrected chi connectivity index (χ1v) is 21.3. The molecule has 1 aliphatic carbocycles. The number of furan rings is 1. The molecule has 9 aromatic carbocycles. The van der Waals surface area contributed by atoms with E-state index < -0.39 is 5.41 Å². The standard InChI is InChI=1S/C59H45NO/c1-58(2,3)43-28-30-44(31-29-43)59(54-21-10-7-16-50(54)51-17-8-11-22-55(51)59)45-32-38-48(39-33-45)60(46-34-24-41(25-35-46)40-14-5-4-6-15-40)47-36-26-42(27-37-47)49-19-13-20-53-52-18-9-12-23-56(52)61-57(49)53/h4-39H,1-3H3. The monoisotopic (exact) mass is 783 g/mol. The zero-order valence-electron chi connectivity index (χ0n) is 34.6. The lowest BCUT2D eigenvalue weighted by Crippen LogP contribution is -2.29. The molecule has 61 heavy (non-hydrogen) atoms. The van der Waals surface area contributed by atoms with E-state index in [2.05, 4.69) is 232 Å². The summed E-state index contributed by atoms with van der Waals surface area (Å²) in [5.41, 5.74) is 18.3. The molecular formula is C59H45NO. The molecule has 0 amide bonds. The van der Waals surface area contributed by atoms with E-state index in [9.17, 15) is 0 Å². The van der Waals surface area contributed by atoms with Crippen LogP contribution in [-0.4, -0.2) is 0 Å². The van der Waals surface area contributed by atoms with E-state index in [-0.39, 0.29) is 5.41 Å². The summed E-state index contributed by atoms with van der Waals surface area (Å²) in [6.45, 7) is 6.85. The summed E-state index contributed by atoms with van der Waals surface area (Å²) < 4.78 is 6.45. The van der Waals surface area contributed by atoms with Crippen molar-refractivity contribution in [1.82, 2.24) is 0 Å². The van der Waals surface area contributed by atoms with Gasteiger partial charge in [0, 0.05) is 33.4 Å². The van der Waals surface area contributed by atoms with Gasteiger partial charge in [-0.3, -0.25) is 0 Å². The van der Waals surface area contributed by atoms with E-state index in [0.717, 1.165) is 50.1 Å². The molecule has 0 fully saturated rings. The topological polar surface area (TPSA) is 16.4 Å². The Bertz CT molecular complexity index is 3140. The van der Waals surface area contributed by atoms with Gasteiger partial charge in [0.25, 0.3) is 0 Å². The maximum absolute atomic E-state index is 6.45. The van der Waals surface area contributed by atoms with E-state index in [1.54, 1.807) is 0 Å². The maximum Gasteiger partial charge on any atom is 0.143 e. The first-order chi connectivity index (χ1) is 29.9. The third kappa shape index (κ3) is 6.01. The highest BCUT2D eigenvalue weighted by molar-refractivity contribution is 6.09. The highest BCUT2D eigenvalue weighted by Gasteiger charge is 2.46. The van der Waals surface area contributed by atoms with Gasteiger partial charge >= 0.3 is 0 Å². The lowest BCUT2D eigenvalue weighted by atomic mass is 9.67. The van der Waals surface area contributed by atoms with Crippen LogP contribution in [0.5, 0.6) is 0 Å². The Morgan fingerprint density at radius 3 is 1.44 bits per heavy atom. The Labute approximate surface area is 358 Å². The second kappa shape index (κ2) is 14.4. The molecular weight excluding hydrogens is 739 g/mol. The summed E-state index contributed by atoms with van der Waals surface area (Å²) >= 11 is 0. The van der Waals surface area contributed by atoms with Gasteiger partial charge in [0.1, 0.15) is 11.2 Å². The van der Waals surface area contributed by atoms with E-state index in [1.165, 1.54) is 50.1 Å². The van der Waals surface area contributed by atoms with Crippen LogP contribution in [0.25, 0.3) is 55.3 Å². The van der Waals surface area contributed by atoms with Gasteiger partial charge in [-0.15, -0.1) is 0 Å². The predicted molar refractivity (Wildman–Crippen MR) is 255 cm³/mol. The molecule has 0 N–H and O–H groups in total. The average Bonchev–Trinajstić information content (AvgIpc) is 3.84. The number of fused-ring (bicyclic) bond motifs is 6. The summed E-state index contributed by atoms with van der Waals surface area (Å²) in [5, 5.41) is 2.27. The van der Waals surface area contributed by atoms with E-state index in [4.69, 9.17) is 4.42 Å². The number of anilines is 3. The summed E-state index contributed by atoms with van der Waals surface area (Å²) in [6, 6.07) is 79.8. The van der Waals surface area contributed by atoms with Crippen molar-refractivity contribution in [2.24, 2.45) is 0 Å². The molecule has 0 unspecified atom stereocenters. The number of nitrogens with zero attached hydrogens (tertiary/aromatic N) is 1. The van der Waals surface area contributed by atoms with Crippen molar-refractivity contribution in [1.29, 1.82) is 0 Å². The van der Waals surface area contributed by atoms with Crippen LogP contribution in [0.15, 0.2) is 223 Å². The van der Waals surface area contributed by atoms with Gasteiger partial charge in [0.05, 0.1) is 5.41 Å². The smallest absolute Gasteiger partial charge is 0.143 e. The van der Waals surface area contributed by atoms with Crippen molar-refractivity contribution in [3.05, 3.63) is 246 Å². The lowest BCUT2D eigenvalue weighted by Gasteiger charge is -2.35. The molecule has 0 bridgehead atoms. The van der Waals surface area contributed by atoms with Crippen molar-refractivity contribution in [2.45, 2.75) is 31.6 Å². The fourth-order valence-corrected chi connectivity index (χ4v) is 9.75. The molecule has 0 spiro atoms. The van der Waals surface area contributed by atoms with Crippen LogP contribution in [0.2, 0.25) is 0 Å². The molecule has 292 valence electrons. The number of para-hydroxylation sites is 2. The van der Waals surface area contributed by atoms with E-state index >= 15 is 0 Å². The third-order valence-corrected chi connectivity index (χ3v) is 12.8. The van der Waals surface area contributed by atoms with Crippen molar-refractivity contribution < 1.29 is 4.42 Å². The van der Waals surface area contributed by atoms with Gasteiger partial charge in [0.15, 0.2) is 0 Å². The van der Waals surface area contributed by atoms with Crippen LogP contribution in [0.4, 0.5) is 17.1 Å². The van der Waals surface area contributed by atoms with Crippen LogP contribution in [-0.2, 0) is 10.8 Å². The number of rotatable bonds is 7. The number of hydrogen-bond donors (Lipinski definition) is 0. The summed E-state index contributed by atoms with van der Waals surface area (Å²) in [4.78, 5) is 2.37. The first kappa shape index (κ1) is 36.6. The minimum Gasteiger partial charge on any atom is -0.455 e. The van der Waals surface area contributed by atoms with Gasteiger partial charge in [-0.1, -0.05) is 197 Å². The second-order valence-corrected chi connectivity index (χ2v) is 17.3. The van der Waals surface area contributed by atoms with Gasteiger partial charge in [-0.2, -0.15) is 0 Å². The molecule has 0 atom stereocenters. The number of benzene rings is 9. The van der Waals surface area contributed by atoms with Crippen LogP contribution in [0, 0.1) is 0 Å². The summed E-state index contributed by atoms with van der Waals surface area (Å²) in [7, 11) is 0. The van der Waals surface area contributed by atoms with Crippen LogP contribution in [0.1, 0.15) is 48.6 Å². The Kier molecular flexibility index (Phi) is 8.65. The highest BCUT2D eigenvalue weighted by Crippen LogP contribution is 2.56. The molecule has 0 radical (unpaired) electrons. The molecule has 0 saturated heterocycles. The third-order valence-electron chi connectivity index (χ3n) is 12.8. The molecule has 1 aliphatic rings. The Hall–Kier alpha value is -7.42. The summed E-state index contributed by atoms with van der Waals surface area (Å²) in [6.07, 6.45) is 0. The maximum atomic E-state index is 6.45. The van der Waals surface area contributed by atoms with Gasteiger partial charge in [-0.05, 0) is 104 Å².